The summed E-state index contributed by atoms with van der Waals surface area (Å²) >= 11 is 0. The molecule has 0 aromatic carbocycles. The second-order valence-electron chi connectivity index (χ2n) is 5.29. The molecule has 1 unspecified atom stereocenters. The molecule has 1 aliphatic rings. The van der Waals surface area contributed by atoms with E-state index < -0.39 is 11.5 Å². The number of carboxylic acid groups (broad SMARTS) is 1. The Balaban J connectivity index is 2.43. The molecule has 1 fully saturated rings. The highest BCUT2D eigenvalue weighted by atomic mass is 16.4. The van der Waals surface area contributed by atoms with Gasteiger partial charge in [-0.1, -0.05) is 0 Å². The van der Waals surface area contributed by atoms with Gasteiger partial charge in [0, 0.05) is 20.0 Å². The van der Waals surface area contributed by atoms with Crippen LogP contribution < -0.4 is 10.6 Å². The first kappa shape index (κ1) is 16.4. The highest BCUT2D eigenvalue weighted by molar-refractivity contribution is 5.82. The lowest BCUT2D eigenvalue weighted by molar-refractivity contribution is -0.153. The number of piperidine rings is 1. The maximum absolute atomic E-state index is 11.8. The zero-order valence-electron chi connectivity index (χ0n) is 12.1. The van der Waals surface area contributed by atoms with Crippen molar-refractivity contribution >= 4 is 17.8 Å². The molecule has 1 heterocycles. The van der Waals surface area contributed by atoms with Gasteiger partial charge in [-0.05, 0) is 32.7 Å². The maximum atomic E-state index is 11.8. The third kappa shape index (κ3) is 4.48. The Labute approximate surface area is 118 Å². The molecule has 0 bridgehead atoms. The number of carbonyl (C=O) groups is 3. The summed E-state index contributed by atoms with van der Waals surface area (Å²) in [7, 11) is 0. The normalized spacial score (nSPS) is 23.1. The number of nitrogens with zero attached hydrogens (tertiary/aromatic N) is 1. The standard InChI is InChI=1S/C13H23N3O4/c1-10(17)14-6-7-15-11(18)9-16-8-4-3-5-13(16,2)12(19)20/h3-9H2,1-2H3,(H,14,17)(H,15,18)(H,19,20). The van der Waals surface area contributed by atoms with Crippen LogP contribution in [0.15, 0.2) is 0 Å². The Kier molecular flexibility index (Phi) is 5.94. The number of hydrogen-bond donors (Lipinski definition) is 3. The summed E-state index contributed by atoms with van der Waals surface area (Å²) in [6.45, 7) is 4.48. The van der Waals surface area contributed by atoms with Gasteiger partial charge in [-0.15, -0.1) is 0 Å². The van der Waals surface area contributed by atoms with Crippen LogP contribution in [0.3, 0.4) is 0 Å². The molecule has 114 valence electrons. The summed E-state index contributed by atoms with van der Waals surface area (Å²) in [5, 5.41) is 14.6. The number of rotatable bonds is 6. The molecule has 0 saturated carbocycles. The average molecular weight is 285 g/mol. The number of likely N-dealkylation sites (tertiary alicyclic amines) is 1. The van der Waals surface area contributed by atoms with Crippen molar-refractivity contribution in [2.75, 3.05) is 26.2 Å². The van der Waals surface area contributed by atoms with Gasteiger partial charge in [0.15, 0.2) is 0 Å². The number of hydrogen-bond acceptors (Lipinski definition) is 4. The van der Waals surface area contributed by atoms with E-state index >= 15 is 0 Å². The fourth-order valence-electron chi connectivity index (χ4n) is 2.34. The van der Waals surface area contributed by atoms with E-state index in [-0.39, 0.29) is 18.4 Å². The lowest BCUT2D eigenvalue weighted by Crippen LogP contribution is -2.57. The van der Waals surface area contributed by atoms with Gasteiger partial charge in [0.1, 0.15) is 5.54 Å². The third-order valence-electron chi connectivity index (χ3n) is 3.66. The number of carboxylic acids is 1. The van der Waals surface area contributed by atoms with E-state index in [1.807, 2.05) is 0 Å². The van der Waals surface area contributed by atoms with Crippen molar-refractivity contribution < 1.29 is 19.5 Å². The predicted octanol–water partition coefficient (Wildman–Crippen LogP) is -0.432. The molecule has 2 amide bonds. The van der Waals surface area contributed by atoms with Gasteiger partial charge in [0.25, 0.3) is 0 Å². The topological polar surface area (TPSA) is 98.7 Å². The first-order chi connectivity index (χ1) is 9.36. The van der Waals surface area contributed by atoms with Crippen molar-refractivity contribution in [3.8, 4) is 0 Å². The van der Waals surface area contributed by atoms with Gasteiger partial charge < -0.3 is 15.7 Å². The van der Waals surface area contributed by atoms with Crippen LogP contribution in [0.2, 0.25) is 0 Å². The lowest BCUT2D eigenvalue weighted by Gasteiger charge is -2.41. The second-order valence-corrected chi connectivity index (χ2v) is 5.29. The van der Waals surface area contributed by atoms with E-state index in [1.165, 1.54) is 6.92 Å². The van der Waals surface area contributed by atoms with Crippen molar-refractivity contribution in [1.82, 2.24) is 15.5 Å². The molecule has 0 aromatic rings. The van der Waals surface area contributed by atoms with Gasteiger partial charge in [-0.2, -0.15) is 0 Å². The fraction of sp³-hybridized carbons (Fsp3) is 0.769. The van der Waals surface area contributed by atoms with Crippen molar-refractivity contribution in [2.24, 2.45) is 0 Å². The lowest BCUT2D eigenvalue weighted by atomic mass is 9.88. The molecular weight excluding hydrogens is 262 g/mol. The number of carbonyl (C=O) groups excluding carboxylic acids is 2. The van der Waals surface area contributed by atoms with Gasteiger partial charge in [0.2, 0.25) is 11.8 Å². The summed E-state index contributed by atoms with van der Waals surface area (Å²) in [6.07, 6.45) is 2.33. The van der Waals surface area contributed by atoms with E-state index in [9.17, 15) is 19.5 Å². The Morgan fingerprint density at radius 1 is 1.20 bits per heavy atom. The van der Waals surface area contributed by atoms with E-state index in [0.717, 1.165) is 12.8 Å². The van der Waals surface area contributed by atoms with Crippen LogP contribution in [0.4, 0.5) is 0 Å². The van der Waals surface area contributed by atoms with Crippen LogP contribution in [0, 0.1) is 0 Å². The van der Waals surface area contributed by atoms with E-state index in [4.69, 9.17) is 0 Å². The number of amides is 2. The first-order valence-corrected chi connectivity index (χ1v) is 6.86. The molecular formula is C13H23N3O4. The number of aliphatic carboxylic acids is 1. The van der Waals surface area contributed by atoms with Gasteiger partial charge in [-0.25, -0.2) is 0 Å². The molecule has 0 spiro atoms. The Morgan fingerprint density at radius 3 is 2.45 bits per heavy atom. The van der Waals surface area contributed by atoms with Crippen molar-refractivity contribution in [1.29, 1.82) is 0 Å². The van der Waals surface area contributed by atoms with Gasteiger partial charge >= 0.3 is 5.97 Å². The summed E-state index contributed by atoms with van der Waals surface area (Å²) in [5.74, 6) is -1.25. The zero-order valence-corrected chi connectivity index (χ0v) is 12.1. The fourth-order valence-corrected chi connectivity index (χ4v) is 2.34. The van der Waals surface area contributed by atoms with Crippen molar-refractivity contribution in [2.45, 2.75) is 38.6 Å². The largest absolute Gasteiger partial charge is 0.480 e. The SMILES string of the molecule is CC(=O)NCCNC(=O)CN1CCCCC1(C)C(=O)O. The molecule has 1 atom stereocenters. The molecule has 20 heavy (non-hydrogen) atoms. The maximum Gasteiger partial charge on any atom is 0.323 e. The van der Waals surface area contributed by atoms with Crippen LogP contribution in [-0.4, -0.2) is 59.5 Å². The minimum atomic E-state index is -0.965. The quantitative estimate of drug-likeness (QED) is 0.575. The van der Waals surface area contributed by atoms with Gasteiger partial charge in [-0.3, -0.25) is 19.3 Å². The van der Waals surface area contributed by atoms with E-state index in [2.05, 4.69) is 10.6 Å². The molecule has 0 radical (unpaired) electrons. The number of nitrogens with one attached hydrogen (secondary N) is 2. The molecule has 7 heteroatoms. The van der Waals surface area contributed by atoms with Crippen molar-refractivity contribution in [3.05, 3.63) is 0 Å². The summed E-state index contributed by atoms with van der Waals surface area (Å²) in [4.78, 5) is 35.6. The highest BCUT2D eigenvalue weighted by Crippen LogP contribution is 2.27. The zero-order chi connectivity index (χ0) is 15.2. The van der Waals surface area contributed by atoms with Crippen LogP contribution in [0.5, 0.6) is 0 Å². The van der Waals surface area contributed by atoms with Crippen molar-refractivity contribution in [3.63, 3.8) is 0 Å². The van der Waals surface area contributed by atoms with E-state index in [1.54, 1.807) is 11.8 Å². The van der Waals surface area contributed by atoms with Crippen LogP contribution >= 0.6 is 0 Å². The summed E-state index contributed by atoms with van der Waals surface area (Å²) in [6, 6.07) is 0. The Morgan fingerprint density at radius 2 is 1.85 bits per heavy atom. The van der Waals surface area contributed by atoms with Crippen LogP contribution in [-0.2, 0) is 14.4 Å². The smallest absolute Gasteiger partial charge is 0.323 e. The third-order valence-corrected chi connectivity index (χ3v) is 3.66. The van der Waals surface area contributed by atoms with Crippen LogP contribution in [0.1, 0.15) is 33.1 Å². The van der Waals surface area contributed by atoms with E-state index in [0.29, 0.717) is 26.1 Å². The average Bonchev–Trinajstić information content (AvgIpc) is 2.37. The summed E-state index contributed by atoms with van der Waals surface area (Å²) < 4.78 is 0. The molecule has 0 aromatic heterocycles. The molecule has 7 nitrogen and oxygen atoms in total. The molecule has 1 saturated heterocycles. The Hall–Kier alpha value is -1.63. The molecule has 0 aliphatic carbocycles. The summed E-state index contributed by atoms with van der Waals surface area (Å²) in [5.41, 5.74) is -0.965. The molecule has 1 aliphatic heterocycles. The predicted molar refractivity (Wildman–Crippen MR) is 73.2 cm³/mol. The minimum absolute atomic E-state index is 0.0723. The Bertz CT molecular complexity index is 386. The molecule has 3 N–H and O–H groups in total. The van der Waals surface area contributed by atoms with Crippen LogP contribution in [0.25, 0.3) is 0 Å². The monoisotopic (exact) mass is 285 g/mol. The highest BCUT2D eigenvalue weighted by Gasteiger charge is 2.41. The first-order valence-electron chi connectivity index (χ1n) is 6.86. The second kappa shape index (κ2) is 7.23. The van der Waals surface area contributed by atoms with Gasteiger partial charge in [0.05, 0.1) is 6.54 Å². The minimum Gasteiger partial charge on any atom is -0.480 e. The molecule has 1 rings (SSSR count).